The van der Waals surface area contributed by atoms with Gasteiger partial charge in [-0.25, -0.2) is 4.98 Å². The Morgan fingerprint density at radius 2 is 1.77 bits per heavy atom. The van der Waals surface area contributed by atoms with Gasteiger partial charge in [-0.2, -0.15) is 5.10 Å². The third-order valence-corrected chi connectivity index (χ3v) is 6.85. The minimum atomic E-state index is 0.0646. The lowest BCUT2D eigenvalue weighted by molar-refractivity contribution is -0.132. The van der Waals surface area contributed by atoms with Gasteiger partial charge in [0.2, 0.25) is 5.91 Å². The number of aryl methyl sites for hydroxylation is 3. The monoisotopic (exact) mass is 428 g/mol. The standard InChI is InChI=1S/C25H24N4OS/c1-16-9-10-20(11-17(16)2)21-12-23(19-7-5-4-6-8-19)29(27-21)15-25(30)28-13-22-24(14-28)31-18(3)26-22/h4-12H,13-15H2,1-3H3. The van der Waals surface area contributed by atoms with Crippen molar-refractivity contribution in [2.24, 2.45) is 0 Å². The number of thiazole rings is 1. The average Bonchev–Trinajstić information content (AvgIpc) is 3.43. The Bertz CT molecular complexity index is 1250. The van der Waals surface area contributed by atoms with Crippen molar-refractivity contribution in [3.63, 3.8) is 0 Å². The zero-order valence-corrected chi connectivity index (χ0v) is 18.7. The maximum Gasteiger partial charge on any atom is 0.245 e. The number of hydrogen-bond acceptors (Lipinski definition) is 4. The van der Waals surface area contributed by atoms with E-state index < -0.39 is 0 Å². The van der Waals surface area contributed by atoms with Crippen LogP contribution in [0.25, 0.3) is 22.5 Å². The Balaban J connectivity index is 1.46. The lowest BCUT2D eigenvalue weighted by atomic mass is 10.0. The SMILES string of the molecule is Cc1nc2c(s1)CN(C(=O)Cn1nc(-c3ccc(C)c(C)c3)cc1-c1ccccc1)C2. The van der Waals surface area contributed by atoms with E-state index in [2.05, 4.69) is 55.2 Å². The lowest BCUT2D eigenvalue weighted by Gasteiger charge is -2.16. The summed E-state index contributed by atoms with van der Waals surface area (Å²) in [6.45, 7) is 7.68. The molecule has 3 heterocycles. The summed E-state index contributed by atoms with van der Waals surface area (Å²) in [5.74, 6) is 0.0646. The molecule has 0 aliphatic carbocycles. The van der Waals surface area contributed by atoms with E-state index in [4.69, 9.17) is 5.10 Å². The zero-order chi connectivity index (χ0) is 21.5. The molecule has 4 aromatic rings. The van der Waals surface area contributed by atoms with Crippen LogP contribution in [0.3, 0.4) is 0 Å². The number of carbonyl (C=O) groups is 1. The summed E-state index contributed by atoms with van der Waals surface area (Å²) in [5.41, 5.74) is 7.47. The van der Waals surface area contributed by atoms with Crippen LogP contribution in [0.4, 0.5) is 0 Å². The van der Waals surface area contributed by atoms with Gasteiger partial charge in [0.25, 0.3) is 0 Å². The topological polar surface area (TPSA) is 51.0 Å². The van der Waals surface area contributed by atoms with Crippen molar-refractivity contribution in [1.29, 1.82) is 0 Å². The van der Waals surface area contributed by atoms with Gasteiger partial charge in [0.1, 0.15) is 6.54 Å². The highest BCUT2D eigenvalue weighted by atomic mass is 32.1. The molecule has 31 heavy (non-hydrogen) atoms. The molecule has 0 spiro atoms. The summed E-state index contributed by atoms with van der Waals surface area (Å²) in [4.78, 5) is 20.8. The van der Waals surface area contributed by atoms with Crippen LogP contribution in [0.15, 0.2) is 54.6 Å². The molecule has 0 saturated heterocycles. The van der Waals surface area contributed by atoms with E-state index in [1.54, 1.807) is 11.3 Å². The highest BCUT2D eigenvalue weighted by molar-refractivity contribution is 7.11. The fraction of sp³-hybridized carbons (Fsp3) is 0.240. The van der Waals surface area contributed by atoms with Crippen molar-refractivity contribution < 1.29 is 4.79 Å². The number of rotatable bonds is 4. The third-order valence-electron chi connectivity index (χ3n) is 5.85. The molecule has 2 aromatic heterocycles. The van der Waals surface area contributed by atoms with Crippen LogP contribution in [0.2, 0.25) is 0 Å². The number of aromatic nitrogens is 3. The van der Waals surface area contributed by atoms with Gasteiger partial charge >= 0.3 is 0 Å². The Hall–Kier alpha value is -3.25. The number of fused-ring (bicyclic) bond motifs is 1. The smallest absolute Gasteiger partial charge is 0.245 e. The summed E-state index contributed by atoms with van der Waals surface area (Å²) < 4.78 is 1.84. The molecule has 0 bridgehead atoms. The van der Waals surface area contributed by atoms with Crippen molar-refractivity contribution >= 4 is 17.2 Å². The second kappa shape index (κ2) is 7.78. The number of carbonyl (C=O) groups excluding carboxylic acids is 1. The average molecular weight is 429 g/mol. The molecule has 0 atom stereocenters. The highest BCUT2D eigenvalue weighted by Gasteiger charge is 2.27. The molecular weight excluding hydrogens is 404 g/mol. The van der Waals surface area contributed by atoms with Crippen LogP contribution in [0, 0.1) is 20.8 Å². The Kier molecular flexibility index (Phi) is 4.94. The second-order valence-electron chi connectivity index (χ2n) is 8.09. The Morgan fingerprint density at radius 1 is 0.968 bits per heavy atom. The van der Waals surface area contributed by atoms with E-state index in [9.17, 15) is 4.79 Å². The van der Waals surface area contributed by atoms with Gasteiger partial charge in [-0.3, -0.25) is 9.48 Å². The molecular formula is C25H24N4OS. The van der Waals surface area contributed by atoms with E-state index in [0.29, 0.717) is 13.1 Å². The molecule has 5 rings (SSSR count). The van der Waals surface area contributed by atoms with Crippen LogP contribution in [-0.4, -0.2) is 25.6 Å². The van der Waals surface area contributed by atoms with Crippen molar-refractivity contribution in [3.8, 4) is 22.5 Å². The predicted molar refractivity (Wildman–Crippen MR) is 124 cm³/mol. The van der Waals surface area contributed by atoms with E-state index >= 15 is 0 Å². The largest absolute Gasteiger partial charge is 0.330 e. The fourth-order valence-corrected chi connectivity index (χ4v) is 4.96. The molecule has 1 aliphatic rings. The lowest BCUT2D eigenvalue weighted by Crippen LogP contribution is -2.30. The van der Waals surface area contributed by atoms with Gasteiger partial charge in [0.15, 0.2) is 0 Å². The summed E-state index contributed by atoms with van der Waals surface area (Å²) in [6, 6.07) is 18.6. The third kappa shape index (κ3) is 3.79. The van der Waals surface area contributed by atoms with E-state index in [0.717, 1.165) is 33.2 Å². The van der Waals surface area contributed by atoms with Gasteiger partial charge in [0, 0.05) is 10.4 Å². The molecule has 2 aromatic carbocycles. The predicted octanol–water partition coefficient (Wildman–Crippen LogP) is 5.14. The van der Waals surface area contributed by atoms with E-state index in [1.807, 2.05) is 34.7 Å². The zero-order valence-electron chi connectivity index (χ0n) is 17.9. The molecule has 6 heteroatoms. The first kappa shape index (κ1) is 19.7. The van der Waals surface area contributed by atoms with Gasteiger partial charge in [0.05, 0.1) is 35.2 Å². The van der Waals surface area contributed by atoms with Crippen molar-refractivity contribution in [1.82, 2.24) is 19.7 Å². The minimum Gasteiger partial charge on any atom is -0.330 e. The van der Waals surface area contributed by atoms with Crippen LogP contribution >= 0.6 is 11.3 Å². The Morgan fingerprint density at radius 3 is 2.52 bits per heavy atom. The second-order valence-corrected chi connectivity index (χ2v) is 9.38. The van der Waals surface area contributed by atoms with E-state index in [-0.39, 0.29) is 12.5 Å². The fourth-order valence-electron chi connectivity index (χ4n) is 3.99. The van der Waals surface area contributed by atoms with Crippen LogP contribution in [0.5, 0.6) is 0 Å². The van der Waals surface area contributed by atoms with Crippen LogP contribution in [0.1, 0.15) is 26.7 Å². The minimum absolute atomic E-state index is 0.0646. The molecule has 0 radical (unpaired) electrons. The molecule has 0 unspecified atom stereocenters. The maximum absolute atomic E-state index is 13.1. The molecule has 1 aliphatic heterocycles. The number of nitrogens with zero attached hydrogens (tertiary/aromatic N) is 4. The van der Waals surface area contributed by atoms with E-state index in [1.165, 1.54) is 16.0 Å². The number of amides is 1. The molecule has 0 saturated carbocycles. The van der Waals surface area contributed by atoms with Crippen molar-refractivity contribution in [2.75, 3.05) is 0 Å². The molecule has 1 amide bonds. The molecule has 156 valence electrons. The van der Waals surface area contributed by atoms with Crippen LogP contribution in [-0.2, 0) is 24.4 Å². The van der Waals surface area contributed by atoms with Gasteiger partial charge in [-0.05, 0) is 49.6 Å². The summed E-state index contributed by atoms with van der Waals surface area (Å²) >= 11 is 1.68. The quantitative estimate of drug-likeness (QED) is 0.452. The molecule has 0 N–H and O–H groups in total. The molecule has 0 fully saturated rings. The first-order chi connectivity index (χ1) is 15.0. The first-order valence-electron chi connectivity index (χ1n) is 10.4. The van der Waals surface area contributed by atoms with Gasteiger partial charge < -0.3 is 4.90 Å². The maximum atomic E-state index is 13.1. The molecule has 5 nitrogen and oxygen atoms in total. The highest BCUT2D eigenvalue weighted by Crippen LogP contribution is 2.30. The van der Waals surface area contributed by atoms with Gasteiger partial charge in [-0.15, -0.1) is 11.3 Å². The summed E-state index contributed by atoms with van der Waals surface area (Å²) in [6.07, 6.45) is 0. The first-order valence-corrected chi connectivity index (χ1v) is 11.2. The normalized spacial score (nSPS) is 12.9. The Labute approximate surface area is 186 Å². The van der Waals surface area contributed by atoms with Crippen molar-refractivity contribution in [2.45, 2.75) is 40.4 Å². The summed E-state index contributed by atoms with van der Waals surface area (Å²) in [5, 5.41) is 5.91. The van der Waals surface area contributed by atoms with Crippen molar-refractivity contribution in [3.05, 3.63) is 81.3 Å². The van der Waals surface area contributed by atoms with Gasteiger partial charge in [-0.1, -0.05) is 42.5 Å². The number of hydrogen-bond donors (Lipinski definition) is 0. The van der Waals surface area contributed by atoms with Crippen LogP contribution < -0.4 is 0 Å². The summed E-state index contributed by atoms with van der Waals surface area (Å²) in [7, 11) is 0. The number of benzene rings is 2.